The molecule has 0 fully saturated rings. The third-order valence-electron chi connectivity index (χ3n) is 3.82. The van der Waals surface area contributed by atoms with Gasteiger partial charge in [0.15, 0.2) is 21.8 Å². The van der Waals surface area contributed by atoms with E-state index in [9.17, 15) is 5.11 Å². The minimum atomic E-state index is -0.0747. The summed E-state index contributed by atoms with van der Waals surface area (Å²) in [6.07, 6.45) is 0.844. The lowest BCUT2D eigenvalue weighted by Gasteiger charge is -2.19. The average molecular weight is 468 g/mol. The van der Waals surface area contributed by atoms with Crippen molar-refractivity contribution < 1.29 is 5.11 Å². The predicted molar refractivity (Wildman–Crippen MR) is 117 cm³/mol. The summed E-state index contributed by atoms with van der Waals surface area (Å²) in [6.45, 7) is 4.30. The minimum absolute atomic E-state index is 0.0402. The molecule has 2 aromatic heterocycles. The zero-order chi connectivity index (χ0) is 19.4. The first-order valence-electron chi connectivity index (χ1n) is 8.63. The molecule has 0 saturated heterocycles. The molecule has 1 aromatic carbocycles. The van der Waals surface area contributed by atoms with Gasteiger partial charge in [0.2, 0.25) is 0 Å². The largest absolute Gasteiger partial charge is 0.394 e. The number of nitrogen functional groups attached to an aromatic ring is 1. The summed E-state index contributed by atoms with van der Waals surface area (Å²) in [5.74, 6) is 1.90. The number of hydrogen-bond acceptors (Lipinski definition) is 8. The molecule has 6 nitrogen and oxygen atoms in total. The zero-order valence-electron chi connectivity index (χ0n) is 15.1. The van der Waals surface area contributed by atoms with Gasteiger partial charge in [0.25, 0.3) is 0 Å². The van der Waals surface area contributed by atoms with Gasteiger partial charge in [-0.1, -0.05) is 65.0 Å². The first-order valence-corrected chi connectivity index (χ1v) is 11.2. The maximum Gasteiger partial charge on any atom is 0.191 e. The van der Waals surface area contributed by atoms with Crippen LogP contribution in [0.3, 0.4) is 0 Å². The van der Waals surface area contributed by atoms with Crippen LogP contribution in [0, 0.1) is 5.92 Å². The van der Waals surface area contributed by atoms with Gasteiger partial charge in [-0.2, -0.15) is 0 Å². The molecule has 3 aromatic rings. The van der Waals surface area contributed by atoms with Gasteiger partial charge in [-0.15, -0.1) is 0 Å². The van der Waals surface area contributed by atoms with Crippen LogP contribution < -0.4 is 11.1 Å². The van der Waals surface area contributed by atoms with Crippen LogP contribution >= 0.6 is 39.0 Å². The number of thiazole rings is 1. The Morgan fingerprint density at radius 2 is 2.11 bits per heavy atom. The highest BCUT2D eigenvalue weighted by atomic mass is 79.9. The number of aliphatic hydroxyl groups excluding tert-OH is 1. The van der Waals surface area contributed by atoms with Gasteiger partial charge in [0.05, 0.1) is 12.6 Å². The van der Waals surface area contributed by atoms with Crippen LogP contribution in [0.2, 0.25) is 0 Å². The summed E-state index contributed by atoms with van der Waals surface area (Å²) in [6, 6.07) is 8.09. The number of aliphatic hydroxyl groups is 1. The van der Waals surface area contributed by atoms with Crippen molar-refractivity contribution in [1.29, 1.82) is 0 Å². The second-order valence-electron chi connectivity index (χ2n) is 6.63. The molecule has 2 heterocycles. The molecule has 0 saturated carbocycles. The van der Waals surface area contributed by atoms with Gasteiger partial charge in [-0.25, -0.2) is 15.0 Å². The third-order valence-corrected chi connectivity index (χ3v) is 6.12. The molecule has 0 radical (unpaired) electrons. The van der Waals surface area contributed by atoms with Gasteiger partial charge < -0.3 is 16.2 Å². The SMILES string of the molecule is CC(C)C[C@H](CO)Nc1nc(SCc2cccc(Br)c2)nc2nc(N)sc12. The molecule has 9 heteroatoms. The Labute approximate surface area is 175 Å². The minimum Gasteiger partial charge on any atom is -0.394 e. The van der Waals surface area contributed by atoms with E-state index < -0.39 is 0 Å². The number of nitrogens with zero attached hydrogens (tertiary/aromatic N) is 3. The molecule has 144 valence electrons. The second kappa shape index (κ2) is 9.18. The number of rotatable bonds is 8. The van der Waals surface area contributed by atoms with E-state index in [1.54, 1.807) is 11.8 Å². The van der Waals surface area contributed by atoms with Crippen molar-refractivity contribution in [2.24, 2.45) is 5.92 Å². The van der Waals surface area contributed by atoms with Crippen molar-refractivity contribution in [2.75, 3.05) is 17.7 Å². The Hall–Kier alpha value is -1.42. The van der Waals surface area contributed by atoms with Gasteiger partial charge >= 0.3 is 0 Å². The first kappa shape index (κ1) is 20.3. The number of thioether (sulfide) groups is 1. The summed E-state index contributed by atoms with van der Waals surface area (Å²) in [5, 5.41) is 14.2. The van der Waals surface area contributed by atoms with Crippen molar-refractivity contribution in [3.05, 3.63) is 34.3 Å². The molecule has 0 aliphatic carbocycles. The molecule has 27 heavy (non-hydrogen) atoms. The van der Waals surface area contributed by atoms with Crippen LogP contribution in [0.4, 0.5) is 10.9 Å². The molecular formula is C18H22BrN5OS2. The zero-order valence-corrected chi connectivity index (χ0v) is 18.4. The van der Waals surface area contributed by atoms with E-state index in [-0.39, 0.29) is 12.6 Å². The molecule has 4 N–H and O–H groups in total. The Morgan fingerprint density at radius 1 is 1.30 bits per heavy atom. The predicted octanol–water partition coefficient (Wildman–Crippen LogP) is 4.54. The lowest BCUT2D eigenvalue weighted by molar-refractivity contribution is 0.259. The quantitative estimate of drug-likeness (QED) is 0.330. The fraction of sp³-hybridized carbons (Fsp3) is 0.389. The highest BCUT2D eigenvalue weighted by molar-refractivity contribution is 9.10. The van der Waals surface area contributed by atoms with Crippen LogP contribution in [0.25, 0.3) is 10.3 Å². The average Bonchev–Trinajstić information content (AvgIpc) is 2.99. The Morgan fingerprint density at radius 3 is 2.81 bits per heavy atom. The number of halogens is 1. The van der Waals surface area contributed by atoms with E-state index >= 15 is 0 Å². The van der Waals surface area contributed by atoms with E-state index in [1.807, 2.05) is 12.1 Å². The molecule has 0 aliphatic rings. The topological polar surface area (TPSA) is 97.0 Å². The van der Waals surface area contributed by atoms with E-state index in [0.717, 1.165) is 21.3 Å². The lowest BCUT2D eigenvalue weighted by atomic mass is 10.0. The fourth-order valence-corrected chi connectivity index (χ4v) is 4.65. The van der Waals surface area contributed by atoms with Crippen molar-refractivity contribution >= 4 is 60.3 Å². The van der Waals surface area contributed by atoms with Crippen molar-refractivity contribution in [1.82, 2.24) is 15.0 Å². The van der Waals surface area contributed by atoms with E-state index in [1.165, 1.54) is 16.9 Å². The van der Waals surface area contributed by atoms with Crippen LogP contribution in [-0.4, -0.2) is 32.7 Å². The molecule has 0 bridgehead atoms. The van der Waals surface area contributed by atoms with Crippen molar-refractivity contribution in [2.45, 2.75) is 37.2 Å². The maximum absolute atomic E-state index is 9.71. The standard InChI is InChI=1S/C18H22BrN5OS2/c1-10(2)6-13(8-25)21-15-14-16(22-17(20)27-14)24-18(23-15)26-9-11-4-3-5-12(19)7-11/h3-5,7,10,13,25H,6,8-9H2,1-2H3,(H3,20,21,22,23,24)/t13-/m1/s1. The monoisotopic (exact) mass is 467 g/mol. The Balaban J connectivity index is 1.85. The number of anilines is 2. The molecule has 0 aliphatic heterocycles. The van der Waals surface area contributed by atoms with Crippen molar-refractivity contribution in [3.8, 4) is 0 Å². The summed E-state index contributed by atoms with van der Waals surface area (Å²) in [7, 11) is 0. The van der Waals surface area contributed by atoms with Crippen LogP contribution in [-0.2, 0) is 5.75 Å². The molecule has 1 atom stereocenters. The highest BCUT2D eigenvalue weighted by Gasteiger charge is 2.17. The second-order valence-corrected chi connectivity index (χ2v) is 9.52. The molecule has 0 unspecified atom stereocenters. The summed E-state index contributed by atoms with van der Waals surface area (Å²) in [4.78, 5) is 13.5. The number of fused-ring (bicyclic) bond motifs is 1. The number of nitrogens with one attached hydrogen (secondary N) is 1. The maximum atomic E-state index is 9.71. The van der Waals surface area contributed by atoms with E-state index in [0.29, 0.717) is 27.7 Å². The lowest BCUT2D eigenvalue weighted by Crippen LogP contribution is -2.26. The van der Waals surface area contributed by atoms with Crippen molar-refractivity contribution in [3.63, 3.8) is 0 Å². The Bertz CT molecular complexity index is 918. The van der Waals surface area contributed by atoms with Gasteiger partial charge in [0, 0.05) is 10.2 Å². The number of aromatic nitrogens is 3. The molecule has 0 spiro atoms. The number of benzene rings is 1. The molecule has 0 amide bonds. The summed E-state index contributed by atoms with van der Waals surface area (Å²) < 4.78 is 1.87. The summed E-state index contributed by atoms with van der Waals surface area (Å²) in [5.41, 5.74) is 7.66. The smallest absolute Gasteiger partial charge is 0.191 e. The van der Waals surface area contributed by atoms with Crippen LogP contribution in [0.15, 0.2) is 33.9 Å². The Kier molecular flexibility index (Phi) is 6.91. The normalized spacial score (nSPS) is 12.6. The highest BCUT2D eigenvalue weighted by Crippen LogP contribution is 2.32. The molecular weight excluding hydrogens is 446 g/mol. The summed E-state index contributed by atoms with van der Waals surface area (Å²) >= 11 is 6.40. The van der Waals surface area contributed by atoms with Crippen LogP contribution in [0.5, 0.6) is 0 Å². The van der Waals surface area contributed by atoms with E-state index in [4.69, 9.17) is 5.73 Å². The third kappa shape index (κ3) is 5.54. The molecule has 3 rings (SSSR count). The number of hydrogen-bond donors (Lipinski definition) is 3. The fourth-order valence-electron chi connectivity index (χ4n) is 2.70. The van der Waals surface area contributed by atoms with E-state index in [2.05, 4.69) is 62.2 Å². The van der Waals surface area contributed by atoms with Gasteiger partial charge in [0.1, 0.15) is 4.70 Å². The first-order chi connectivity index (χ1) is 12.9. The van der Waals surface area contributed by atoms with Gasteiger partial charge in [-0.3, -0.25) is 0 Å². The number of nitrogens with two attached hydrogens (primary N) is 1. The van der Waals surface area contributed by atoms with Gasteiger partial charge in [-0.05, 0) is 30.0 Å². The van der Waals surface area contributed by atoms with Crippen LogP contribution in [0.1, 0.15) is 25.8 Å².